The number of benzene rings is 3. The van der Waals surface area contributed by atoms with Gasteiger partial charge in [-0.2, -0.15) is 0 Å². The van der Waals surface area contributed by atoms with Crippen molar-refractivity contribution in [1.29, 1.82) is 0 Å². The van der Waals surface area contributed by atoms with Crippen LogP contribution in [-0.2, 0) is 4.79 Å². The Balaban J connectivity index is 1.56. The monoisotopic (exact) mass is 450 g/mol. The second-order valence-corrected chi connectivity index (χ2v) is 8.06. The van der Waals surface area contributed by atoms with Crippen LogP contribution in [0, 0.1) is 11.6 Å². The van der Waals surface area contributed by atoms with Crippen LogP contribution in [0.15, 0.2) is 84.0 Å². The van der Waals surface area contributed by atoms with Crippen LogP contribution >= 0.6 is 11.8 Å². The third-order valence-electron chi connectivity index (χ3n) is 4.83. The average molecular weight is 451 g/mol. The van der Waals surface area contributed by atoms with Gasteiger partial charge in [-0.15, -0.1) is 10.2 Å². The lowest BCUT2D eigenvalue weighted by Crippen LogP contribution is -2.28. The minimum absolute atomic E-state index is 0.125. The first-order chi connectivity index (χ1) is 15.5. The average Bonchev–Trinajstić information content (AvgIpc) is 3.23. The minimum Gasteiger partial charge on any atom is -0.349 e. The Hall–Kier alpha value is -3.52. The lowest BCUT2D eigenvalue weighted by molar-refractivity contribution is -0.119. The minimum atomic E-state index is -0.367. The van der Waals surface area contributed by atoms with Crippen LogP contribution < -0.4 is 5.32 Å². The summed E-state index contributed by atoms with van der Waals surface area (Å²) in [6, 6.07) is 21.3. The summed E-state index contributed by atoms with van der Waals surface area (Å²) in [6.45, 7) is 1.92. The number of nitrogens with one attached hydrogen (secondary N) is 1. The van der Waals surface area contributed by atoms with Crippen molar-refractivity contribution < 1.29 is 13.6 Å². The van der Waals surface area contributed by atoms with Gasteiger partial charge in [0.25, 0.3) is 0 Å². The predicted octanol–water partition coefficient (Wildman–Crippen LogP) is 5.18. The number of carbonyl (C=O) groups is 1. The van der Waals surface area contributed by atoms with E-state index >= 15 is 0 Å². The molecule has 0 spiro atoms. The number of nitrogens with zero attached hydrogens (tertiary/aromatic N) is 3. The highest BCUT2D eigenvalue weighted by atomic mass is 32.2. The molecule has 1 atom stereocenters. The molecule has 0 saturated carbocycles. The first kappa shape index (κ1) is 21.7. The first-order valence-electron chi connectivity index (χ1n) is 9.95. The van der Waals surface area contributed by atoms with Gasteiger partial charge in [-0.25, -0.2) is 8.78 Å². The number of hydrogen-bond donors (Lipinski definition) is 1. The quantitative estimate of drug-likeness (QED) is 0.394. The number of thioether (sulfide) groups is 1. The second kappa shape index (κ2) is 9.74. The third kappa shape index (κ3) is 5.03. The summed E-state index contributed by atoms with van der Waals surface area (Å²) in [6.07, 6.45) is 0. The summed E-state index contributed by atoms with van der Waals surface area (Å²) >= 11 is 1.22. The van der Waals surface area contributed by atoms with Crippen LogP contribution in [-0.4, -0.2) is 26.4 Å². The van der Waals surface area contributed by atoms with Gasteiger partial charge < -0.3 is 5.32 Å². The van der Waals surface area contributed by atoms with Crippen LogP contribution in [0.1, 0.15) is 18.5 Å². The lowest BCUT2D eigenvalue weighted by Gasteiger charge is -2.14. The fourth-order valence-corrected chi connectivity index (χ4v) is 3.97. The van der Waals surface area contributed by atoms with Crippen molar-refractivity contribution in [2.24, 2.45) is 0 Å². The van der Waals surface area contributed by atoms with Crippen molar-refractivity contribution >= 4 is 17.7 Å². The van der Waals surface area contributed by atoms with E-state index in [0.29, 0.717) is 22.2 Å². The van der Waals surface area contributed by atoms with E-state index in [2.05, 4.69) is 15.5 Å². The zero-order valence-electron chi connectivity index (χ0n) is 17.2. The molecule has 0 saturated heterocycles. The van der Waals surface area contributed by atoms with Gasteiger partial charge >= 0.3 is 0 Å². The molecule has 0 fully saturated rings. The van der Waals surface area contributed by atoms with E-state index in [4.69, 9.17) is 0 Å². The van der Waals surface area contributed by atoms with E-state index in [0.717, 1.165) is 5.56 Å². The van der Waals surface area contributed by atoms with Crippen LogP contribution in [0.5, 0.6) is 0 Å². The van der Waals surface area contributed by atoms with Gasteiger partial charge in [0.05, 0.1) is 11.8 Å². The van der Waals surface area contributed by atoms with Crippen molar-refractivity contribution in [1.82, 2.24) is 20.1 Å². The van der Waals surface area contributed by atoms with Crippen LogP contribution in [0.3, 0.4) is 0 Å². The van der Waals surface area contributed by atoms with Crippen molar-refractivity contribution in [3.8, 4) is 17.1 Å². The van der Waals surface area contributed by atoms with Crippen molar-refractivity contribution in [3.05, 3.63) is 96.1 Å². The van der Waals surface area contributed by atoms with E-state index in [1.165, 1.54) is 36.0 Å². The Kier molecular flexibility index (Phi) is 6.61. The number of aromatic nitrogens is 3. The zero-order valence-corrected chi connectivity index (χ0v) is 18.0. The molecule has 1 amide bonds. The molecule has 1 heterocycles. The van der Waals surface area contributed by atoms with Crippen LogP contribution in [0.4, 0.5) is 8.78 Å². The van der Waals surface area contributed by atoms with E-state index < -0.39 is 0 Å². The Morgan fingerprint density at radius 1 is 0.938 bits per heavy atom. The maximum Gasteiger partial charge on any atom is 0.230 e. The van der Waals surface area contributed by atoms with Gasteiger partial charge in [-0.1, -0.05) is 42.1 Å². The van der Waals surface area contributed by atoms with Gasteiger partial charge in [0.15, 0.2) is 11.0 Å². The van der Waals surface area contributed by atoms with Crippen LogP contribution in [0.2, 0.25) is 0 Å². The number of halogens is 2. The first-order valence-corrected chi connectivity index (χ1v) is 10.9. The second-order valence-electron chi connectivity index (χ2n) is 7.11. The van der Waals surface area contributed by atoms with Crippen molar-refractivity contribution in [2.75, 3.05) is 5.75 Å². The molecule has 0 aliphatic rings. The van der Waals surface area contributed by atoms with E-state index in [9.17, 15) is 13.6 Å². The Morgan fingerprint density at radius 3 is 2.22 bits per heavy atom. The van der Waals surface area contributed by atoms with Gasteiger partial charge in [0.1, 0.15) is 11.6 Å². The Labute approximate surface area is 188 Å². The topological polar surface area (TPSA) is 59.8 Å². The molecule has 5 nitrogen and oxygen atoms in total. The molecule has 1 aromatic heterocycles. The maximum absolute atomic E-state index is 13.5. The maximum atomic E-state index is 13.5. The Bertz CT molecular complexity index is 1200. The molecule has 0 bridgehead atoms. The molecular weight excluding hydrogens is 430 g/mol. The highest BCUT2D eigenvalue weighted by Crippen LogP contribution is 2.28. The van der Waals surface area contributed by atoms with Gasteiger partial charge in [0.2, 0.25) is 5.91 Å². The highest BCUT2D eigenvalue weighted by Gasteiger charge is 2.18. The molecule has 1 unspecified atom stereocenters. The molecular formula is C24H20F2N4OS. The molecule has 162 valence electrons. The largest absolute Gasteiger partial charge is 0.349 e. The molecule has 3 aromatic carbocycles. The van der Waals surface area contributed by atoms with E-state index in [1.807, 2.05) is 37.3 Å². The SMILES string of the molecule is CC(NC(=O)CSc1nnc(-c2ccc(F)cc2)n1-c1ccc(F)cc1)c1ccccc1. The van der Waals surface area contributed by atoms with Crippen LogP contribution in [0.25, 0.3) is 17.1 Å². The van der Waals surface area contributed by atoms with Gasteiger partial charge in [-0.3, -0.25) is 9.36 Å². The number of carbonyl (C=O) groups excluding carboxylic acids is 1. The molecule has 4 rings (SSSR count). The Morgan fingerprint density at radius 2 is 1.56 bits per heavy atom. The summed E-state index contributed by atoms with van der Waals surface area (Å²) in [7, 11) is 0. The molecule has 0 aliphatic carbocycles. The fourth-order valence-electron chi connectivity index (χ4n) is 3.21. The third-order valence-corrected chi connectivity index (χ3v) is 5.76. The fraction of sp³-hybridized carbons (Fsp3) is 0.125. The number of amides is 1. The molecule has 8 heteroatoms. The molecule has 0 radical (unpaired) electrons. The highest BCUT2D eigenvalue weighted by molar-refractivity contribution is 7.99. The molecule has 4 aromatic rings. The number of hydrogen-bond acceptors (Lipinski definition) is 4. The smallest absolute Gasteiger partial charge is 0.230 e. The summed E-state index contributed by atoms with van der Waals surface area (Å²) < 4.78 is 28.6. The molecule has 0 aliphatic heterocycles. The predicted molar refractivity (Wildman–Crippen MR) is 120 cm³/mol. The van der Waals surface area contributed by atoms with Crippen molar-refractivity contribution in [3.63, 3.8) is 0 Å². The molecule has 32 heavy (non-hydrogen) atoms. The number of rotatable bonds is 7. The summed E-state index contributed by atoms with van der Waals surface area (Å²) in [4.78, 5) is 12.5. The lowest BCUT2D eigenvalue weighted by atomic mass is 10.1. The molecule has 1 N–H and O–H groups in total. The van der Waals surface area contributed by atoms with Crippen molar-refractivity contribution in [2.45, 2.75) is 18.1 Å². The standard InChI is InChI=1S/C24H20F2N4OS/c1-16(17-5-3-2-4-6-17)27-22(31)15-32-24-29-28-23(18-7-9-19(25)10-8-18)30(24)21-13-11-20(26)12-14-21/h2-14,16H,15H2,1H3,(H,27,31). The van der Waals surface area contributed by atoms with E-state index in [1.54, 1.807) is 28.8 Å². The summed E-state index contributed by atoms with van der Waals surface area (Å²) in [5.41, 5.74) is 2.30. The van der Waals surface area contributed by atoms with Gasteiger partial charge in [0, 0.05) is 11.3 Å². The normalized spacial score (nSPS) is 11.8. The van der Waals surface area contributed by atoms with E-state index in [-0.39, 0.29) is 29.3 Å². The van der Waals surface area contributed by atoms with Gasteiger partial charge in [-0.05, 0) is 61.0 Å². The zero-order chi connectivity index (χ0) is 22.5. The summed E-state index contributed by atoms with van der Waals surface area (Å²) in [5, 5.41) is 11.9. The summed E-state index contributed by atoms with van der Waals surface area (Å²) in [5.74, 6) is -0.283.